The molecule has 4 rings (SSSR count). The zero-order chi connectivity index (χ0) is 22.0. The second kappa shape index (κ2) is 8.45. The Morgan fingerprint density at radius 3 is 2.52 bits per heavy atom. The Hall–Kier alpha value is -3.29. The van der Waals surface area contributed by atoms with E-state index in [9.17, 15) is 12.8 Å². The van der Waals surface area contributed by atoms with Crippen molar-refractivity contribution < 1.29 is 12.8 Å². The highest BCUT2D eigenvalue weighted by Gasteiger charge is 2.29. The summed E-state index contributed by atoms with van der Waals surface area (Å²) in [7, 11) is -3.80. The van der Waals surface area contributed by atoms with E-state index in [1.54, 1.807) is 18.5 Å². The molecule has 0 bridgehead atoms. The maximum atomic E-state index is 13.5. The molecule has 0 amide bonds. The minimum Gasteiger partial charge on any atom is -0.368 e. The first-order valence-electron chi connectivity index (χ1n) is 9.86. The Morgan fingerprint density at radius 2 is 1.90 bits per heavy atom. The molecule has 8 nitrogen and oxygen atoms in total. The van der Waals surface area contributed by atoms with Gasteiger partial charge in [-0.05, 0) is 37.3 Å². The summed E-state index contributed by atoms with van der Waals surface area (Å²) in [4.78, 5) is 6.52. The molecule has 1 aromatic carbocycles. The second-order valence-electron chi connectivity index (χ2n) is 7.13. The second-order valence-corrected chi connectivity index (χ2v) is 9.07. The van der Waals surface area contributed by atoms with Crippen molar-refractivity contribution >= 4 is 15.7 Å². The van der Waals surface area contributed by atoms with Crippen LogP contribution in [-0.2, 0) is 16.6 Å². The van der Waals surface area contributed by atoms with Gasteiger partial charge in [0.1, 0.15) is 11.9 Å². The van der Waals surface area contributed by atoms with Crippen LogP contribution in [-0.4, -0.2) is 53.7 Å². The summed E-state index contributed by atoms with van der Waals surface area (Å²) in [5, 5.41) is 13.2. The third kappa shape index (κ3) is 4.15. The molecule has 1 fully saturated rings. The van der Waals surface area contributed by atoms with E-state index in [-0.39, 0.29) is 23.5 Å². The van der Waals surface area contributed by atoms with Gasteiger partial charge in [0, 0.05) is 44.5 Å². The van der Waals surface area contributed by atoms with Crippen LogP contribution >= 0.6 is 0 Å². The Balaban J connectivity index is 1.44. The predicted molar refractivity (Wildman–Crippen MR) is 113 cm³/mol. The first-order valence-corrected chi connectivity index (χ1v) is 11.3. The van der Waals surface area contributed by atoms with E-state index in [4.69, 9.17) is 5.26 Å². The maximum absolute atomic E-state index is 13.5. The molecule has 0 spiro atoms. The normalized spacial score (nSPS) is 15.1. The van der Waals surface area contributed by atoms with Gasteiger partial charge in [0.05, 0.1) is 34.2 Å². The number of sulfonamides is 1. The minimum absolute atomic E-state index is 0.0717. The molecule has 3 heterocycles. The zero-order valence-corrected chi connectivity index (χ0v) is 17.8. The fourth-order valence-electron chi connectivity index (χ4n) is 3.50. The highest BCUT2D eigenvalue weighted by Crippen LogP contribution is 2.24. The smallest absolute Gasteiger partial charge is 0.243 e. The van der Waals surface area contributed by atoms with Gasteiger partial charge in [-0.25, -0.2) is 12.8 Å². The van der Waals surface area contributed by atoms with Gasteiger partial charge in [-0.2, -0.15) is 14.7 Å². The number of hydrogen-bond acceptors (Lipinski definition) is 6. The third-order valence-corrected chi connectivity index (χ3v) is 7.20. The van der Waals surface area contributed by atoms with Gasteiger partial charge in [0.2, 0.25) is 10.0 Å². The number of anilines is 1. The lowest BCUT2D eigenvalue weighted by Crippen LogP contribution is -2.48. The van der Waals surface area contributed by atoms with E-state index in [1.165, 1.54) is 10.4 Å². The van der Waals surface area contributed by atoms with Crippen molar-refractivity contribution in [1.29, 1.82) is 5.26 Å². The number of benzene rings is 1. The molecule has 3 aromatic rings. The van der Waals surface area contributed by atoms with Gasteiger partial charge in [-0.1, -0.05) is 0 Å². The topological polar surface area (TPSA) is 95.1 Å². The number of piperazine rings is 1. The van der Waals surface area contributed by atoms with Gasteiger partial charge in [0.25, 0.3) is 0 Å². The van der Waals surface area contributed by atoms with Crippen molar-refractivity contribution in [2.75, 3.05) is 31.1 Å². The maximum Gasteiger partial charge on any atom is 0.243 e. The van der Waals surface area contributed by atoms with Crippen LogP contribution < -0.4 is 4.90 Å². The summed E-state index contributed by atoms with van der Waals surface area (Å²) >= 11 is 0. The van der Waals surface area contributed by atoms with Crippen molar-refractivity contribution in [3.05, 3.63) is 60.3 Å². The summed E-state index contributed by atoms with van der Waals surface area (Å²) < 4.78 is 42.5. The molecule has 1 saturated heterocycles. The number of nitriles is 1. The molecule has 31 heavy (non-hydrogen) atoms. The van der Waals surface area contributed by atoms with E-state index < -0.39 is 15.8 Å². The standard InChI is InChI=1S/C21H21FN6O2S/c1-2-27-15-17(13-25-27)21-6-3-18(14-24-21)26-7-9-28(10-8-26)31(29,30)19-4-5-20(22)16(11-19)12-23/h3-6,11,13-15H,2,7-10H2,1H3. The average molecular weight is 441 g/mol. The Kier molecular flexibility index (Phi) is 5.71. The molecule has 2 aromatic heterocycles. The molecule has 0 atom stereocenters. The number of aryl methyl sites for hydroxylation is 1. The molecule has 0 saturated carbocycles. The van der Waals surface area contributed by atoms with Crippen LogP contribution in [0.15, 0.2) is 53.8 Å². The fraction of sp³-hybridized carbons (Fsp3) is 0.286. The lowest BCUT2D eigenvalue weighted by molar-refractivity contribution is 0.384. The first-order chi connectivity index (χ1) is 14.9. The van der Waals surface area contributed by atoms with E-state index in [0.29, 0.717) is 13.1 Å². The van der Waals surface area contributed by atoms with Crippen molar-refractivity contribution in [3.63, 3.8) is 0 Å². The summed E-state index contributed by atoms with van der Waals surface area (Å²) in [5.41, 5.74) is 2.40. The zero-order valence-electron chi connectivity index (χ0n) is 16.9. The monoisotopic (exact) mass is 440 g/mol. The molecule has 10 heteroatoms. The Morgan fingerprint density at radius 1 is 1.13 bits per heavy atom. The average Bonchev–Trinajstić information content (AvgIpc) is 3.29. The summed E-state index contributed by atoms with van der Waals surface area (Å²) in [6, 6.07) is 8.87. The van der Waals surface area contributed by atoms with E-state index in [2.05, 4.69) is 15.0 Å². The first kappa shape index (κ1) is 21.0. The molecular weight excluding hydrogens is 419 g/mol. The summed E-state index contributed by atoms with van der Waals surface area (Å²) in [5.74, 6) is -0.732. The van der Waals surface area contributed by atoms with Crippen LogP contribution in [0.4, 0.5) is 10.1 Å². The van der Waals surface area contributed by atoms with Crippen molar-refractivity contribution in [3.8, 4) is 17.3 Å². The molecule has 160 valence electrons. The number of halogens is 1. The van der Waals surface area contributed by atoms with E-state index >= 15 is 0 Å². The highest BCUT2D eigenvalue weighted by molar-refractivity contribution is 7.89. The fourth-order valence-corrected chi connectivity index (χ4v) is 4.95. The number of rotatable bonds is 5. The number of aromatic nitrogens is 3. The molecule has 0 aliphatic carbocycles. The van der Waals surface area contributed by atoms with Gasteiger partial charge < -0.3 is 4.90 Å². The van der Waals surface area contributed by atoms with Crippen molar-refractivity contribution in [1.82, 2.24) is 19.1 Å². The summed E-state index contributed by atoms with van der Waals surface area (Å²) in [6.07, 6.45) is 5.50. The molecule has 0 radical (unpaired) electrons. The van der Waals surface area contributed by atoms with Gasteiger partial charge in [-0.3, -0.25) is 9.67 Å². The summed E-state index contributed by atoms with van der Waals surface area (Å²) in [6.45, 7) is 4.38. The van der Waals surface area contributed by atoms with Crippen LogP contribution in [0.2, 0.25) is 0 Å². The minimum atomic E-state index is -3.80. The highest BCUT2D eigenvalue weighted by atomic mass is 32.2. The number of hydrogen-bond donors (Lipinski definition) is 0. The van der Waals surface area contributed by atoms with Gasteiger partial charge in [-0.15, -0.1) is 0 Å². The molecule has 0 N–H and O–H groups in total. The molecule has 1 aliphatic rings. The lowest BCUT2D eigenvalue weighted by atomic mass is 10.2. The lowest BCUT2D eigenvalue weighted by Gasteiger charge is -2.35. The predicted octanol–water partition coefficient (Wildman–Crippen LogP) is 2.49. The third-order valence-electron chi connectivity index (χ3n) is 5.30. The van der Waals surface area contributed by atoms with Gasteiger partial charge in [0.15, 0.2) is 0 Å². The Bertz CT molecular complexity index is 1230. The molecule has 1 aliphatic heterocycles. The van der Waals surface area contributed by atoms with Crippen molar-refractivity contribution in [2.45, 2.75) is 18.4 Å². The largest absolute Gasteiger partial charge is 0.368 e. The van der Waals surface area contributed by atoms with E-state index in [1.807, 2.05) is 29.9 Å². The molecule has 0 unspecified atom stereocenters. The van der Waals surface area contributed by atoms with Crippen LogP contribution in [0, 0.1) is 17.1 Å². The number of nitrogens with zero attached hydrogens (tertiary/aromatic N) is 6. The van der Waals surface area contributed by atoms with Crippen LogP contribution in [0.1, 0.15) is 12.5 Å². The molecular formula is C21H21FN6O2S. The quantitative estimate of drug-likeness (QED) is 0.605. The van der Waals surface area contributed by atoms with Crippen LogP contribution in [0.25, 0.3) is 11.3 Å². The van der Waals surface area contributed by atoms with Gasteiger partial charge >= 0.3 is 0 Å². The van der Waals surface area contributed by atoms with E-state index in [0.717, 1.165) is 35.6 Å². The SMILES string of the molecule is CCn1cc(-c2ccc(N3CCN(S(=O)(=O)c4ccc(F)c(C#N)c4)CC3)cn2)cn1. The van der Waals surface area contributed by atoms with Crippen molar-refractivity contribution in [2.24, 2.45) is 0 Å². The number of pyridine rings is 1. The van der Waals surface area contributed by atoms with Crippen LogP contribution in [0.5, 0.6) is 0 Å². The van der Waals surface area contributed by atoms with Crippen LogP contribution in [0.3, 0.4) is 0 Å². The Labute approximate surface area is 180 Å².